The van der Waals surface area contributed by atoms with Gasteiger partial charge in [0, 0.05) is 0 Å². The molecule has 0 heterocycles. The Bertz CT molecular complexity index is 358. The second kappa shape index (κ2) is 5.91. The molecule has 0 N–H and O–H groups in total. The van der Waals surface area contributed by atoms with Crippen LogP contribution in [0, 0.1) is 29.6 Å². The van der Waals surface area contributed by atoms with Crippen molar-refractivity contribution in [2.75, 3.05) is 6.79 Å². The maximum atomic E-state index is 12.0. The summed E-state index contributed by atoms with van der Waals surface area (Å²) in [5, 5.41) is 0. The molecule has 0 aromatic carbocycles. The third kappa shape index (κ3) is 2.86. The predicted molar refractivity (Wildman–Crippen MR) is 79.5 cm³/mol. The van der Waals surface area contributed by atoms with Crippen LogP contribution in [-0.4, -0.2) is 18.9 Å². The van der Waals surface area contributed by atoms with E-state index in [2.05, 4.69) is 0 Å². The molecule has 0 unspecified atom stereocenters. The highest BCUT2D eigenvalue weighted by atomic mass is 16.7. The fraction of sp³-hybridized carbons (Fsp3) is 0.944. The fourth-order valence-electron chi connectivity index (χ4n) is 5.77. The lowest BCUT2D eigenvalue weighted by Gasteiger charge is -2.53. The van der Waals surface area contributed by atoms with Gasteiger partial charge in [0.1, 0.15) is 0 Å². The van der Waals surface area contributed by atoms with E-state index in [1.54, 1.807) is 0 Å². The van der Waals surface area contributed by atoms with Crippen LogP contribution >= 0.6 is 0 Å². The van der Waals surface area contributed by atoms with Gasteiger partial charge < -0.3 is 9.47 Å². The van der Waals surface area contributed by atoms with Crippen LogP contribution in [0.1, 0.15) is 64.2 Å². The van der Waals surface area contributed by atoms with Crippen LogP contribution < -0.4 is 0 Å². The van der Waals surface area contributed by atoms with Gasteiger partial charge in [0.2, 0.25) is 0 Å². The molecule has 0 aliphatic heterocycles. The summed E-state index contributed by atoms with van der Waals surface area (Å²) in [6.07, 6.45) is 12.9. The smallest absolute Gasteiger partial charge is 0.311 e. The second-order valence-electron chi connectivity index (χ2n) is 7.98. The first kappa shape index (κ1) is 14.0. The number of ether oxygens (including phenoxy) is 2. The van der Waals surface area contributed by atoms with Crippen LogP contribution in [-0.2, 0) is 14.3 Å². The highest BCUT2D eigenvalue weighted by Gasteiger charge is 2.48. The van der Waals surface area contributed by atoms with Crippen molar-refractivity contribution in [2.24, 2.45) is 29.6 Å². The van der Waals surface area contributed by atoms with Crippen molar-refractivity contribution in [3.8, 4) is 0 Å². The number of hydrogen-bond acceptors (Lipinski definition) is 3. The molecule has 0 radical (unpaired) electrons. The van der Waals surface area contributed by atoms with E-state index < -0.39 is 0 Å². The number of carbonyl (C=O) groups is 1. The van der Waals surface area contributed by atoms with Crippen molar-refractivity contribution >= 4 is 5.97 Å². The topological polar surface area (TPSA) is 35.5 Å². The summed E-state index contributed by atoms with van der Waals surface area (Å²) >= 11 is 0. The summed E-state index contributed by atoms with van der Waals surface area (Å²) < 4.78 is 11.5. The molecule has 0 amide bonds. The summed E-state index contributed by atoms with van der Waals surface area (Å²) in [5.74, 6) is 3.55. The van der Waals surface area contributed by atoms with Crippen molar-refractivity contribution in [1.82, 2.24) is 0 Å². The largest absolute Gasteiger partial charge is 0.438 e. The second-order valence-corrected chi connectivity index (χ2v) is 7.98. The molecule has 21 heavy (non-hydrogen) atoms. The fourth-order valence-corrected chi connectivity index (χ4v) is 5.77. The summed E-state index contributed by atoms with van der Waals surface area (Å²) in [4.78, 5) is 12.0. The van der Waals surface area contributed by atoms with Crippen molar-refractivity contribution in [2.45, 2.75) is 70.3 Å². The van der Waals surface area contributed by atoms with E-state index in [-0.39, 0.29) is 18.7 Å². The van der Waals surface area contributed by atoms with Crippen LogP contribution in [0.4, 0.5) is 0 Å². The predicted octanol–water partition coefficient (Wildman–Crippen LogP) is 3.91. The highest BCUT2D eigenvalue weighted by Crippen LogP contribution is 2.54. The molecule has 5 saturated carbocycles. The van der Waals surface area contributed by atoms with Crippen molar-refractivity contribution in [3.63, 3.8) is 0 Å². The monoisotopic (exact) mass is 292 g/mol. The lowest BCUT2D eigenvalue weighted by molar-refractivity contribution is -0.190. The Balaban J connectivity index is 1.24. The zero-order valence-electron chi connectivity index (χ0n) is 13.0. The van der Waals surface area contributed by atoms with E-state index in [1.165, 1.54) is 51.4 Å². The molecule has 4 bridgehead atoms. The van der Waals surface area contributed by atoms with Gasteiger partial charge in [-0.2, -0.15) is 0 Å². The Morgan fingerprint density at radius 2 is 1.48 bits per heavy atom. The molecule has 5 aliphatic carbocycles. The Morgan fingerprint density at radius 1 is 0.857 bits per heavy atom. The summed E-state index contributed by atoms with van der Waals surface area (Å²) in [5.41, 5.74) is 0. The standard InChI is InChI=1S/C18H28O3/c19-18(14-4-2-1-3-5-14)21-11-20-17-15-7-12-6-13(9-15)10-16(17)8-12/h12-17H,1-11H2. The Morgan fingerprint density at radius 3 is 2.10 bits per heavy atom. The van der Waals surface area contributed by atoms with E-state index in [1.807, 2.05) is 0 Å². The van der Waals surface area contributed by atoms with Gasteiger partial charge in [-0.25, -0.2) is 0 Å². The van der Waals surface area contributed by atoms with E-state index in [0.29, 0.717) is 6.10 Å². The molecular weight excluding hydrogens is 264 g/mol. The maximum Gasteiger partial charge on any atom is 0.311 e. The van der Waals surface area contributed by atoms with Gasteiger partial charge in [-0.15, -0.1) is 0 Å². The van der Waals surface area contributed by atoms with Crippen molar-refractivity contribution in [3.05, 3.63) is 0 Å². The molecule has 5 fully saturated rings. The Kier molecular flexibility index (Phi) is 3.95. The molecule has 0 spiro atoms. The molecule has 3 nitrogen and oxygen atoms in total. The average Bonchev–Trinajstić information content (AvgIpc) is 2.50. The number of esters is 1. The molecule has 118 valence electrons. The van der Waals surface area contributed by atoms with Crippen molar-refractivity contribution < 1.29 is 14.3 Å². The summed E-state index contributed by atoms with van der Waals surface area (Å²) in [7, 11) is 0. The van der Waals surface area contributed by atoms with E-state index in [4.69, 9.17) is 9.47 Å². The van der Waals surface area contributed by atoms with Gasteiger partial charge in [0.05, 0.1) is 12.0 Å². The van der Waals surface area contributed by atoms with E-state index in [0.717, 1.165) is 36.5 Å². The molecule has 0 saturated heterocycles. The molecule has 0 atom stereocenters. The maximum absolute atomic E-state index is 12.0. The molecule has 0 aromatic heterocycles. The van der Waals surface area contributed by atoms with Gasteiger partial charge in [-0.1, -0.05) is 19.3 Å². The Hall–Kier alpha value is -0.570. The van der Waals surface area contributed by atoms with E-state index >= 15 is 0 Å². The first-order valence-electron chi connectivity index (χ1n) is 9.08. The molecule has 5 aliphatic rings. The lowest BCUT2D eigenvalue weighted by Crippen LogP contribution is -2.49. The summed E-state index contributed by atoms with van der Waals surface area (Å²) in [6, 6.07) is 0. The first-order valence-corrected chi connectivity index (χ1v) is 9.08. The average molecular weight is 292 g/mol. The van der Waals surface area contributed by atoms with Gasteiger partial charge in [0.15, 0.2) is 6.79 Å². The first-order chi connectivity index (χ1) is 10.3. The third-order valence-electron chi connectivity index (χ3n) is 6.54. The molecule has 5 rings (SSSR count). The van der Waals surface area contributed by atoms with E-state index in [9.17, 15) is 4.79 Å². The minimum Gasteiger partial charge on any atom is -0.438 e. The van der Waals surface area contributed by atoms with Crippen LogP contribution in [0.25, 0.3) is 0 Å². The lowest BCUT2D eigenvalue weighted by atomic mass is 9.55. The molecular formula is C18H28O3. The number of rotatable bonds is 4. The highest BCUT2D eigenvalue weighted by molar-refractivity contribution is 5.72. The van der Waals surface area contributed by atoms with Crippen LogP contribution in [0.15, 0.2) is 0 Å². The zero-order chi connectivity index (χ0) is 14.2. The molecule has 3 heteroatoms. The zero-order valence-corrected chi connectivity index (χ0v) is 13.0. The van der Waals surface area contributed by atoms with Gasteiger partial charge in [-0.3, -0.25) is 4.79 Å². The summed E-state index contributed by atoms with van der Waals surface area (Å²) in [6.45, 7) is 0.197. The third-order valence-corrected chi connectivity index (χ3v) is 6.54. The number of carbonyl (C=O) groups excluding carboxylic acids is 1. The van der Waals surface area contributed by atoms with Gasteiger partial charge >= 0.3 is 5.97 Å². The van der Waals surface area contributed by atoms with Gasteiger partial charge in [0.25, 0.3) is 0 Å². The minimum absolute atomic E-state index is 0.0153. The van der Waals surface area contributed by atoms with Gasteiger partial charge in [-0.05, 0) is 68.6 Å². The van der Waals surface area contributed by atoms with Crippen LogP contribution in [0.3, 0.4) is 0 Å². The normalized spacial score (nSPS) is 42.2. The molecule has 0 aromatic rings. The quantitative estimate of drug-likeness (QED) is 0.582. The SMILES string of the molecule is O=C(OCOC1C2CC3CC(C2)CC1C3)C1CCCCC1. The van der Waals surface area contributed by atoms with Crippen molar-refractivity contribution in [1.29, 1.82) is 0 Å². The Labute approximate surface area is 127 Å². The minimum atomic E-state index is -0.0153. The number of hydrogen-bond donors (Lipinski definition) is 0. The van der Waals surface area contributed by atoms with Crippen LogP contribution in [0.5, 0.6) is 0 Å². The van der Waals surface area contributed by atoms with Crippen LogP contribution in [0.2, 0.25) is 0 Å².